The Kier molecular flexibility index (Phi) is 6.51. The lowest BCUT2D eigenvalue weighted by atomic mass is 10.1. The fourth-order valence-corrected chi connectivity index (χ4v) is 3.19. The van der Waals surface area contributed by atoms with Crippen molar-refractivity contribution in [2.75, 3.05) is 10.6 Å². The zero-order valence-electron chi connectivity index (χ0n) is 17.5. The van der Waals surface area contributed by atoms with Crippen LogP contribution in [0.2, 0.25) is 0 Å². The van der Waals surface area contributed by atoms with E-state index >= 15 is 0 Å². The number of hydrogen-bond acceptors (Lipinski definition) is 5. The summed E-state index contributed by atoms with van der Waals surface area (Å²) >= 11 is 0. The molecule has 0 bridgehead atoms. The Balaban J connectivity index is 1.51. The highest BCUT2D eigenvalue weighted by Crippen LogP contribution is 2.29. The van der Waals surface area contributed by atoms with Gasteiger partial charge in [0.2, 0.25) is 0 Å². The van der Waals surface area contributed by atoms with Gasteiger partial charge < -0.3 is 10.6 Å². The van der Waals surface area contributed by atoms with Gasteiger partial charge in [0.25, 0.3) is 11.6 Å². The Labute approximate surface area is 190 Å². The van der Waals surface area contributed by atoms with Crippen molar-refractivity contribution < 1.29 is 9.72 Å². The second kappa shape index (κ2) is 10.0. The lowest BCUT2D eigenvalue weighted by Crippen LogP contribution is -2.12. The summed E-state index contributed by atoms with van der Waals surface area (Å²) in [5, 5.41) is 17.4. The zero-order chi connectivity index (χ0) is 23.0. The molecule has 0 aliphatic rings. The molecule has 1 amide bonds. The van der Waals surface area contributed by atoms with Crippen molar-refractivity contribution in [3.8, 4) is 0 Å². The van der Waals surface area contributed by atoms with Gasteiger partial charge in [0.1, 0.15) is 5.69 Å². The maximum absolute atomic E-state index is 12.8. The highest BCUT2D eigenvalue weighted by Gasteiger charge is 2.18. The van der Waals surface area contributed by atoms with Crippen LogP contribution in [0.15, 0.2) is 97.2 Å². The smallest absolute Gasteiger partial charge is 0.293 e. The molecular formula is C26H20N4O3. The molecule has 1 heterocycles. The molecule has 1 aromatic heterocycles. The molecule has 0 saturated carbocycles. The number of para-hydroxylation sites is 1. The molecule has 0 saturated heterocycles. The fraction of sp³-hybridized carbons (Fsp3) is 0. The minimum absolute atomic E-state index is 0.182. The van der Waals surface area contributed by atoms with Crippen molar-refractivity contribution in [1.82, 2.24) is 4.98 Å². The largest absolute Gasteiger partial charge is 0.350 e. The Bertz CT molecular complexity index is 1310. The van der Waals surface area contributed by atoms with Crippen LogP contribution in [0.25, 0.3) is 12.2 Å². The van der Waals surface area contributed by atoms with Crippen molar-refractivity contribution in [3.63, 3.8) is 0 Å². The van der Waals surface area contributed by atoms with E-state index in [0.717, 1.165) is 11.3 Å². The van der Waals surface area contributed by atoms with Crippen LogP contribution in [-0.4, -0.2) is 15.8 Å². The Morgan fingerprint density at radius 3 is 2.39 bits per heavy atom. The number of carbonyl (C=O) groups excluding carboxylic acids is 1. The standard InChI is InChI=1S/C26H20N4O3/c31-26(29-23-11-6-7-19(17-23)12-14-21-8-4-5-16-27-21)20-13-15-24(25(18-20)30(32)33)28-22-9-2-1-3-10-22/h1-18,28H,(H,29,31)/b14-12+. The predicted molar refractivity (Wildman–Crippen MR) is 130 cm³/mol. The summed E-state index contributed by atoms with van der Waals surface area (Å²) in [5.41, 5.74) is 3.32. The van der Waals surface area contributed by atoms with Crippen molar-refractivity contribution >= 4 is 40.8 Å². The van der Waals surface area contributed by atoms with Gasteiger partial charge in [-0.05, 0) is 60.2 Å². The highest BCUT2D eigenvalue weighted by molar-refractivity contribution is 6.05. The molecule has 0 radical (unpaired) electrons. The van der Waals surface area contributed by atoms with Crippen molar-refractivity contribution in [2.45, 2.75) is 0 Å². The number of anilines is 3. The van der Waals surface area contributed by atoms with Crippen molar-refractivity contribution in [1.29, 1.82) is 0 Å². The number of hydrogen-bond donors (Lipinski definition) is 2. The number of pyridine rings is 1. The fourth-order valence-electron chi connectivity index (χ4n) is 3.19. The number of aromatic nitrogens is 1. The molecular weight excluding hydrogens is 416 g/mol. The predicted octanol–water partition coefficient (Wildman–Crippen LogP) is 6.16. The van der Waals surface area contributed by atoms with Gasteiger partial charge in [0.15, 0.2) is 0 Å². The van der Waals surface area contributed by atoms with Gasteiger partial charge in [0.05, 0.1) is 10.6 Å². The minimum atomic E-state index is -0.509. The normalized spacial score (nSPS) is 10.7. The molecule has 0 spiro atoms. The van der Waals surface area contributed by atoms with Crippen molar-refractivity contribution in [2.24, 2.45) is 0 Å². The third kappa shape index (κ3) is 5.68. The molecule has 0 aliphatic carbocycles. The van der Waals surface area contributed by atoms with Crippen molar-refractivity contribution in [3.05, 3.63) is 124 Å². The second-order valence-electron chi connectivity index (χ2n) is 7.15. The van der Waals surface area contributed by atoms with Gasteiger partial charge in [-0.3, -0.25) is 19.9 Å². The summed E-state index contributed by atoms with van der Waals surface area (Å²) in [7, 11) is 0. The zero-order valence-corrected chi connectivity index (χ0v) is 17.5. The first-order chi connectivity index (χ1) is 16.1. The molecule has 4 rings (SSSR count). The van der Waals surface area contributed by atoms with E-state index in [1.54, 1.807) is 30.5 Å². The maximum atomic E-state index is 12.8. The van der Waals surface area contributed by atoms with Crippen LogP contribution in [-0.2, 0) is 0 Å². The van der Waals surface area contributed by atoms with Crippen LogP contribution in [0.3, 0.4) is 0 Å². The first kappa shape index (κ1) is 21.5. The maximum Gasteiger partial charge on any atom is 0.293 e. The third-order valence-electron chi connectivity index (χ3n) is 4.79. The molecule has 162 valence electrons. The summed E-state index contributed by atoms with van der Waals surface area (Å²) in [4.78, 5) is 28.1. The van der Waals surface area contributed by atoms with E-state index in [4.69, 9.17) is 0 Å². The lowest BCUT2D eigenvalue weighted by molar-refractivity contribution is -0.383. The monoisotopic (exact) mass is 436 g/mol. The SMILES string of the molecule is O=C(Nc1cccc(/C=C/c2ccccn2)c1)c1ccc(Nc2ccccc2)c([N+](=O)[O-])c1. The molecule has 7 heteroatoms. The molecule has 0 fully saturated rings. The Hall–Kier alpha value is -4.78. The summed E-state index contributed by atoms with van der Waals surface area (Å²) in [5.74, 6) is -0.435. The molecule has 0 atom stereocenters. The first-order valence-electron chi connectivity index (χ1n) is 10.2. The summed E-state index contributed by atoms with van der Waals surface area (Å²) in [6, 6.07) is 26.4. The molecule has 3 aromatic carbocycles. The summed E-state index contributed by atoms with van der Waals surface area (Å²) < 4.78 is 0. The quantitative estimate of drug-likeness (QED) is 0.267. The van der Waals surface area contributed by atoms with Gasteiger partial charge >= 0.3 is 0 Å². The number of nitro benzene ring substituents is 1. The van der Waals surface area contributed by atoms with E-state index < -0.39 is 10.8 Å². The van der Waals surface area contributed by atoms with Gasteiger partial charge in [-0.1, -0.05) is 42.5 Å². The van der Waals surface area contributed by atoms with Crippen LogP contribution in [0.4, 0.5) is 22.7 Å². The van der Waals surface area contributed by atoms with Crippen LogP contribution in [0.5, 0.6) is 0 Å². The van der Waals surface area contributed by atoms with Crippen LogP contribution in [0.1, 0.15) is 21.6 Å². The second-order valence-corrected chi connectivity index (χ2v) is 7.15. The molecule has 2 N–H and O–H groups in total. The minimum Gasteiger partial charge on any atom is -0.350 e. The topological polar surface area (TPSA) is 97.2 Å². The average Bonchev–Trinajstić information content (AvgIpc) is 2.84. The summed E-state index contributed by atoms with van der Waals surface area (Å²) in [6.07, 6.45) is 5.49. The summed E-state index contributed by atoms with van der Waals surface area (Å²) in [6.45, 7) is 0. The molecule has 0 aliphatic heterocycles. The Morgan fingerprint density at radius 2 is 1.64 bits per heavy atom. The number of rotatable bonds is 7. The average molecular weight is 436 g/mol. The molecule has 4 aromatic rings. The van der Waals surface area contributed by atoms with Gasteiger partial charge in [0, 0.05) is 29.2 Å². The van der Waals surface area contributed by atoms with Crippen LogP contribution >= 0.6 is 0 Å². The molecule has 33 heavy (non-hydrogen) atoms. The van der Waals surface area contributed by atoms with E-state index in [1.807, 2.05) is 66.7 Å². The van der Waals surface area contributed by atoms with Gasteiger partial charge in [-0.2, -0.15) is 0 Å². The van der Waals surface area contributed by atoms with Gasteiger partial charge in [-0.25, -0.2) is 0 Å². The van der Waals surface area contributed by atoms with E-state index in [0.29, 0.717) is 17.1 Å². The number of amides is 1. The Morgan fingerprint density at radius 1 is 0.848 bits per heavy atom. The number of nitro groups is 1. The van der Waals surface area contributed by atoms with Gasteiger partial charge in [-0.15, -0.1) is 0 Å². The molecule has 0 unspecified atom stereocenters. The highest BCUT2D eigenvalue weighted by atomic mass is 16.6. The number of carbonyl (C=O) groups is 1. The number of benzene rings is 3. The van der Waals surface area contributed by atoms with Crippen LogP contribution < -0.4 is 10.6 Å². The van der Waals surface area contributed by atoms with E-state index in [-0.39, 0.29) is 11.3 Å². The molecule has 7 nitrogen and oxygen atoms in total. The van der Waals surface area contributed by atoms with E-state index in [9.17, 15) is 14.9 Å². The van der Waals surface area contributed by atoms with E-state index in [2.05, 4.69) is 15.6 Å². The number of nitrogens with zero attached hydrogens (tertiary/aromatic N) is 2. The van der Waals surface area contributed by atoms with Crippen LogP contribution in [0, 0.1) is 10.1 Å². The first-order valence-corrected chi connectivity index (χ1v) is 10.2. The third-order valence-corrected chi connectivity index (χ3v) is 4.79. The lowest BCUT2D eigenvalue weighted by Gasteiger charge is -2.10. The van der Waals surface area contributed by atoms with E-state index in [1.165, 1.54) is 12.1 Å². The number of nitrogens with one attached hydrogen (secondary N) is 2.